The Morgan fingerprint density at radius 1 is 1.20 bits per heavy atom. The van der Waals surface area contributed by atoms with Crippen LogP contribution < -0.4 is 0 Å². The van der Waals surface area contributed by atoms with E-state index in [0.29, 0.717) is 0 Å². The maximum absolute atomic E-state index is 12.3. The van der Waals surface area contributed by atoms with Crippen LogP contribution in [0.15, 0.2) is 29.4 Å². The van der Waals surface area contributed by atoms with Crippen molar-refractivity contribution in [2.75, 3.05) is 0 Å². The highest BCUT2D eigenvalue weighted by atomic mass is 19.4. The summed E-state index contributed by atoms with van der Waals surface area (Å²) in [5, 5.41) is 3.42. The predicted octanol–water partition coefficient (Wildman–Crippen LogP) is 2.15. The van der Waals surface area contributed by atoms with Gasteiger partial charge < -0.3 is 4.52 Å². The highest BCUT2D eigenvalue weighted by molar-refractivity contribution is 5.53. The third-order valence-corrected chi connectivity index (χ3v) is 1.69. The minimum Gasteiger partial charge on any atom is -0.342 e. The molecule has 2 aromatic rings. The molecule has 78 valence electrons. The monoisotopic (exact) mass is 215 g/mol. The first-order valence-electron chi connectivity index (χ1n) is 3.86. The fraction of sp³-hybridized carbons (Fsp3) is 0.125. The second kappa shape index (κ2) is 3.34. The fourth-order valence-corrected chi connectivity index (χ4v) is 1.02. The van der Waals surface area contributed by atoms with E-state index in [1.54, 1.807) is 0 Å². The minimum absolute atomic E-state index is 0.0774. The molecule has 0 aliphatic rings. The summed E-state index contributed by atoms with van der Waals surface area (Å²) in [5.41, 5.74) is -0.677. The van der Waals surface area contributed by atoms with Gasteiger partial charge in [0.05, 0.1) is 5.56 Å². The molecule has 0 aliphatic heterocycles. The fourth-order valence-electron chi connectivity index (χ4n) is 1.02. The molecule has 0 bridgehead atoms. The van der Waals surface area contributed by atoms with Gasteiger partial charge in [0.25, 0.3) is 0 Å². The third-order valence-electron chi connectivity index (χ3n) is 1.69. The first-order valence-corrected chi connectivity index (χ1v) is 3.86. The zero-order chi connectivity index (χ0) is 10.9. The lowest BCUT2D eigenvalue weighted by Crippen LogP contribution is -2.05. The Kier molecular flexibility index (Phi) is 2.14. The Morgan fingerprint density at radius 2 is 2.00 bits per heavy atom. The number of alkyl halides is 3. The first kappa shape index (κ1) is 9.63. The van der Waals surface area contributed by atoms with Gasteiger partial charge in [0.2, 0.25) is 12.2 Å². The number of nitrogens with zero attached hydrogens (tertiary/aromatic N) is 3. The van der Waals surface area contributed by atoms with E-state index in [1.165, 1.54) is 6.20 Å². The van der Waals surface area contributed by atoms with Gasteiger partial charge in [-0.15, -0.1) is 0 Å². The molecule has 0 saturated carbocycles. The Bertz CT molecular complexity index is 452. The van der Waals surface area contributed by atoms with Crippen molar-refractivity contribution in [2.45, 2.75) is 6.18 Å². The Hall–Kier alpha value is -1.92. The lowest BCUT2D eigenvalue weighted by atomic mass is 10.2. The molecule has 7 heteroatoms. The van der Waals surface area contributed by atoms with Crippen molar-refractivity contribution in [3.05, 3.63) is 30.4 Å². The van der Waals surface area contributed by atoms with E-state index in [4.69, 9.17) is 0 Å². The van der Waals surface area contributed by atoms with Gasteiger partial charge in [-0.25, -0.2) is 0 Å². The van der Waals surface area contributed by atoms with Gasteiger partial charge in [0.1, 0.15) is 0 Å². The molecule has 2 aromatic heterocycles. The van der Waals surface area contributed by atoms with E-state index in [1.807, 2.05) is 0 Å². The predicted molar refractivity (Wildman–Crippen MR) is 42.5 cm³/mol. The van der Waals surface area contributed by atoms with Crippen LogP contribution in [0.25, 0.3) is 11.4 Å². The van der Waals surface area contributed by atoms with Crippen molar-refractivity contribution < 1.29 is 17.7 Å². The molecule has 2 rings (SSSR count). The van der Waals surface area contributed by atoms with Crippen LogP contribution >= 0.6 is 0 Å². The molecule has 0 N–H and O–H groups in total. The summed E-state index contributed by atoms with van der Waals surface area (Å²) < 4.78 is 41.3. The zero-order valence-corrected chi connectivity index (χ0v) is 7.19. The molecule has 2 heterocycles. The molecule has 0 spiro atoms. The van der Waals surface area contributed by atoms with Crippen molar-refractivity contribution >= 4 is 0 Å². The van der Waals surface area contributed by atoms with Gasteiger partial charge in [0, 0.05) is 18.0 Å². The molecule has 0 fully saturated rings. The van der Waals surface area contributed by atoms with Crippen LogP contribution in [-0.4, -0.2) is 15.1 Å². The Labute approximate surface area is 81.8 Å². The van der Waals surface area contributed by atoms with Gasteiger partial charge in [0.15, 0.2) is 0 Å². The smallest absolute Gasteiger partial charge is 0.342 e. The Balaban J connectivity index is 2.44. The van der Waals surface area contributed by atoms with Crippen molar-refractivity contribution in [3.8, 4) is 11.4 Å². The molecule has 0 atom stereocenters. The number of aromatic nitrogens is 3. The second-order valence-electron chi connectivity index (χ2n) is 2.71. The molecule has 0 amide bonds. The summed E-state index contributed by atoms with van der Waals surface area (Å²) in [6.07, 6.45) is -1.41. The van der Waals surface area contributed by atoms with E-state index >= 15 is 0 Å². The largest absolute Gasteiger partial charge is 0.417 e. The van der Waals surface area contributed by atoms with Gasteiger partial charge in [-0.3, -0.25) is 4.98 Å². The van der Waals surface area contributed by atoms with Crippen molar-refractivity contribution in [3.63, 3.8) is 0 Å². The summed E-state index contributed by atoms with van der Waals surface area (Å²) in [6.45, 7) is 0. The van der Waals surface area contributed by atoms with Gasteiger partial charge >= 0.3 is 6.18 Å². The zero-order valence-electron chi connectivity index (χ0n) is 7.19. The molecule has 0 saturated heterocycles. The number of halogens is 3. The molecule has 0 aliphatic carbocycles. The van der Waals surface area contributed by atoms with Crippen LogP contribution in [0.1, 0.15) is 5.56 Å². The number of hydrogen-bond acceptors (Lipinski definition) is 4. The molecule has 0 radical (unpaired) electrons. The van der Waals surface area contributed by atoms with Crippen LogP contribution in [0.2, 0.25) is 0 Å². The van der Waals surface area contributed by atoms with Crippen LogP contribution in [0.4, 0.5) is 13.2 Å². The minimum atomic E-state index is -4.42. The summed E-state index contributed by atoms with van der Waals surface area (Å²) in [7, 11) is 0. The molecule has 4 nitrogen and oxygen atoms in total. The van der Waals surface area contributed by atoms with Crippen LogP contribution in [-0.2, 0) is 6.18 Å². The topological polar surface area (TPSA) is 51.8 Å². The van der Waals surface area contributed by atoms with E-state index in [-0.39, 0.29) is 11.4 Å². The SMILES string of the molecule is FC(F)(F)c1cncc(-c2ncon2)c1. The second-order valence-corrected chi connectivity index (χ2v) is 2.71. The van der Waals surface area contributed by atoms with Crippen molar-refractivity contribution in [1.29, 1.82) is 0 Å². The maximum Gasteiger partial charge on any atom is 0.417 e. The quantitative estimate of drug-likeness (QED) is 0.731. The lowest BCUT2D eigenvalue weighted by Gasteiger charge is -2.05. The summed E-state index contributed by atoms with van der Waals surface area (Å²) in [4.78, 5) is 7.09. The number of pyridine rings is 1. The summed E-state index contributed by atoms with van der Waals surface area (Å²) in [6, 6.07) is 0.915. The van der Waals surface area contributed by atoms with Crippen LogP contribution in [0.5, 0.6) is 0 Å². The van der Waals surface area contributed by atoms with Gasteiger partial charge in [-0.1, -0.05) is 5.16 Å². The average molecular weight is 215 g/mol. The molecule has 0 aromatic carbocycles. The number of rotatable bonds is 1. The Morgan fingerprint density at radius 3 is 2.60 bits per heavy atom. The lowest BCUT2D eigenvalue weighted by molar-refractivity contribution is -0.137. The molecule has 0 unspecified atom stereocenters. The van der Waals surface area contributed by atoms with E-state index in [9.17, 15) is 13.2 Å². The molecule has 15 heavy (non-hydrogen) atoms. The number of hydrogen-bond donors (Lipinski definition) is 0. The standard InChI is InChI=1S/C8H4F3N3O/c9-8(10,11)6-1-5(2-12-3-6)7-13-4-15-14-7/h1-4H. The van der Waals surface area contributed by atoms with Crippen LogP contribution in [0, 0.1) is 0 Å². The van der Waals surface area contributed by atoms with Gasteiger partial charge in [-0.05, 0) is 6.07 Å². The first-order chi connectivity index (χ1) is 7.07. The summed E-state index contributed by atoms with van der Waals surface area (Å²) in [5.74, 6) is 0.0774. The average Bonchev–Trinajstić information content (AvgIpc) is 2.69. The highest BCUT2D eigenvalue weighted by Gasteiger charge is 2.31. The van der Waals surface area contributed by atoms with Crippen molar-refractivity contribution in [1.82, 2.24) is 15.1 Å². The normalized spacial score (nSPS) is 11.7. The van der Waals surface area contributed by atoms with E-state index < -0.39 is 11.7 Å². The van der Waals surface area contributed by atoms with E-state index in [2.05, 4.69) is 19.6 Å². The third kappa shape index (κ3) is 1.95. The summed E-state index contributed by atoms with van der Waals surface area (Å²) >= 11 is 0. The molecular weight excluding hydrogens is 211 g/mol. The van der Waals surface area contributed by atoms with Crippen LogP contribution in [0.3, 0.4) is 0 Å². The van der Waals surface area contributed by atoms with Gasteiger partial charge in [-0.2, -0.15) is 18.2 Å². The highest BCUT2D eigenvalue weighted by Crippen LogP contribution is 2.30. The maximum atomic E-state index is 12.3. The van der Waals surface area contributed by atoms with Crippen molar-refractivity contribution in [2.24, 2.45) is 0 Å². The molecular formula is C8H4F3N3O. The van der Waals surface area contributed by atoms with E-state index in [0.717, 1.165) is 18.7 Å².